The van der Waals surface area contributed by atoms with E-state index in [-0.39, 0.29) is 23.6 Å². The topological polar surface area (TPSA) is 127 Å². The monoisotopic (exact) mass is 465 g/mol. The molecule has 0 bridgehead atoms. The molecule has 2 atom stereocenters. The standard InChI is InChI=1S/C25H31N5O4/c1-15-22(29-11-8-17(13-29)21(12-28-16(2)31)27-10-3-9-26)7-6-19-23(15)30(18-4-5-18)14-20(24(19)32)25(33)34/h6-7,14,17-18,21,27H,3-5,8,10-13H2,1-2H3,(H,28,31)(H,33,34). The summed E-state index contributed by atoms with van der Waals surface area (Å²) < 4.78 is 1.98. The number of hydrogen-bond acceptors (Lipinski definition) is 6. The zero-order valence-corrected chi connectivity index (χ0v) is 19.6. The first-order valence-corrected chi connectivity index (χ1v) is 11.8. The molecule has 2 aromatic rings. The summed E-state index contributed by atoms with van der Waals surface area (Å²) in [7, 11) is 0. The van der Waals surface area contributed by atoms with Crippen LogP contribution in [0.1, 0.15) is 54.6 Å². The summed E-state index contributed by atoms with van der Waals surface area (Å²) in [6, 6.07) is 6.13. The Morgan fingerprint density at radius 3 is 2.71 bits per heavy atom. The van der Waals surface area contributed by atoms with Gasteiger partial charge in [0.1, 0.15) is 5.56 Å². The number of pyridine rings is 1. The third-order valence-electron chi connectivity index (χ3n) is 6.94. The highest BCUT2D eigenvalue weighted by Crippen LogP contribution is 2.39. The fraction of sp³-hybridized carbons (Fsp3) is 0.520. The van der Waals surface area contributed by atoms with E-state index in [2.05, 4.69) is 21.6 Å². The molecule has 1 aromatic carbocycles. The van der Waals surface area contributed by atoms with E-state index in [0.29, 0.717) is 30.8 Å². The molecule has 1 amide bonds. The largest absolute Gasteiger partial charge is 0.477 e. The van der Waals surface area contributed by atoms with Crippen LogP contribution in [0.15, 0.2) is 23.1 Å². The van der Waals surface area contributed by atoms with E-state index in [1.165, 1.54) is 13.1 Å². The summed E-state index contributed by atoms with van der Waals surface area (Å²) >= 11 is 0. The number of nitrogens with zero attached hydrogens (tertiary/aromatic N) is 3. The Labute approximate surface area is 198 Å². The fourth-order valence-electron chi connectivity index (χ4n) is 5.06. The van der Waals surface area contributed by atoms with Gasteiger partial charge in [0.15, 0.2) is 0 Å². The lowest BCUT2D eigenvalue weighted by Gasteiger charge is -2.27. The van der Waals surface area contributed by atoms with Crippen LogP contribution in [0.3, 0.4) is 0 Å². The number of benzene rings is 1. The second kappa shape index (κ2) is 9.85. The third-order valence-corrected chi connectivity index (χ3v) is 6.94. The van der Waals surface area contributed by atoms with Gasteiger partial charge in [0.05, 0.1) is 11.6 Å². The maximum Gasteiger partial charge on any atom is 0.341 e. The minimum atomic E-state index is -1.19. The number of fused-ring (bicyclic) bond motifs is 1. The van der Waals surface area contributed by atoms with E-state index >= 15 is 0 Å². The molecule has 0 radical (unpaired) electrons. The van der Waals surface area contributed by atoms with Crippen LogP contribution < -0.4 is 21.0 Å². The summed E-state index contributed by atoms with van der Waals surface area (Å²) in [6.45, 7) is 6.22. The molecule has 3 N–H and O–H groups in total. The van der Waals surface area contributed by atoms with Crippen LogP contribution in [0, 0.1) is 24.2 Å². The van der Waals surface area contributed by atoms with Crippen molar-refractivity contribution in [3.8, 4) is 6.07 Å². The third kappa shape index (κ3) is 4.77. The number of anilines is 1. The molecule has 2 fully saturated rings. The van der Waals surface area contributed by atoms with Gasteiger partial charge in [-0.05, 0) is 49.8 Å². The van der Waals surface area contributed by atoms with Gasteiger partial charge in [0, 0.05) is 68.9 Å². The minimum Gasteiger partial charge on any atom is -0.477 e. The first-order valence-electron chi connectivity index (χ1n) is 11.8. The molecule has 0 spiro atoms. The smallest absolute Gasteiger partial charge is 0.341 e. The highest BCUT2D eigenvalue weighted by Gasteiger charge is 2.32. The summed E-state index contributed by atoms with van der Waals surface area (Å²) in [6.07, 6.45) is 4.82. The SMILES string of the molecule is CC(=O)NCC(NCCC#N)C1CCN(c2ccc3c(=O)c(C(=O)O)cn(C4CC4)c3c2C)C1. The molecule has 1 saturated carbocycles. The van der Waals surface area contributed by atoms with E-state index in [1.54, 1.807) is 6.07 Å². The molecule has 1 aliphatic heterocycles. The molecule has 34 heavy (non-hydrogen) atoms. The number of carboxylic acids is 1. The van der Waals surface area contributed by atoms with E-state index in [9.17, 15) is 19.5 Å². The molecule has 1 saturated heterocycles. The first-order chi connectivity index (χ1) is 16.3. The number of aromatic carboxylic acids is 1. The van der Waals surface area contributed by atoms with Crippen molar-refractivity contribution < 1.29 is 14.7 Å². The lowest BCUT2D eigenvalue weighted by atomic mass is 9.98. The second-order valence-electron chi connectivity index (χ2n) is 9.32. The molecule has 4 rings (SSSR count). The molecule has 2 heterocycles. The Kier molecular flexibility index (Phi) is 6.89. The molecule has 2 unspecified atom stereocenters. The average molecular weight is 466 g/mol. The van der Waals surface area contributed by atoms with Crippen molar-refractivity contribution in [2.45, 2.75) is 51.6 Å². The van der Waals surface area contributed by atoms with Crippen molar-refractivity contribution in [2.75, 3.05) is 31.1 Å². The molecule has 9 heteroatoms. The average Bonchev–Trinajstić information content (AvgIpc) is 3.53. The molecule has 2 aliphatic rings. The van der Waals surface area contributed by atoms with Gasteiger partial charge < -0.3 is 25.2 Å². The maximum absolute atomic E-state index is 12.9. The van der Waals surface area contributed by atoms with E-state index < -0.39 is 11.4 Å². The fourth-order valence-corrected chi connectivity index (χ4v) is 5.06. The number of nitrogens with one attached hydrogen (secondary N) is 2. The highest BCUT2D eigenvalue weighted by molar-refractivity contribution is 5.95. The van der Waals surface area contributed by atoms with Crippen LogP contribution >= 0.6 is 0 Å². The normalized spacial score (nSPS) is 18.6. The zero-order valence-electron chi connectivity index (χ0n) is 19.6. The van der Waals surface area contributed by atoms with Gasteiger partial charge in [-0.25, -0.2) is 4.79 Å². The number of nitriles is 1. The quantitative estimate of drug-likeness (QED) is 0.484. The minimum absolute atomic E-state index is 0.0609. The van der Waals surface area contributed by atoms with Crippen LogP contribution in [0.2, 0.25) is 0 Å². The van der Waals surface area contributed by atoms with Gasteiger partial charge >= 0.3 is 5.97 Å². The highest BCUT2D eigenvalue weighted by atomic mass is 16.4. The molecule has 1 aliphatic carbocycles. The molecule has 1 aromatic heterocycles. The Bertz CT molecular complexity index is 1210. The lowest BCUT2D eigenvalue weighted by Crippen LogP contribution is -2.46. The summed E-state index contributed by atoms with van der Waals surface area (Å²) in [5.74, 6) is -0.980. The summed E-state index contributed by atoms with van der Waals surface area (Å²) in [5, 5.41) is 25.2. The summed E-state index contributed by atoms with van der Waals surface area (Å²) in [5.41, 5.74) is 2.22. The van der Waals surface area contributed by atoms with Crippen molar-refractivity contribution in [3.05, 3.63) is 39.7 Å². The second-order valence-corrected chi connectivity index (χ2v) is 9.32. The van der Waals surface area contributed by atoms with Gasteiger partial charge in [-0.3, -0.25) is 9.59 Å². The van der Waals surface area contributed by atoms with E-state index in [1.807, 2.05) is 17.6 Å². The number of aryl methyl sites for hydroxylation is 1. The van der Waals surface area contributed by atoms with Gasteiger partial charge in [-0.15, -0.1) is 0 Å². The predicted octanol–water partition coefficient (Wildman–Crippen LogP) is 2.18. The first kappa shape index (κ1) is 23.8. The number of carbonyl (C=O) groups excluding carboxylic acids is 1. The van der Waals surface area contributed by atoms with Crippen molar-refractivity contribution in [1.82, 2.24) is 15.2 Å². The molecule has 180 valence electrons. The number of aromatic nitrogens is 1. The Morgan fingerprint density at radius 2 is 2.06 bits per heavy atom. The Balaban J connectivity index is 1.63. The van der Waals surface area contributed by atoms with E-state index in [0.717, 1.165) is 49.1 Å². The Hall–Kier alpha value is -3.38. The lowest BCUT2D eigenvalue weighted by molar-refractivity contribution is -0.119. The molecular weight excluding hydrogens is 434 g/mol. The number of carboxylic acid groups (broad SMARTS) is 1. The van der Waals surface area contributed by atoms with Crippen molar-refractivity contribution in [3.63, 3.8) is 0 Å². The number of rotatable bonds is 9. The van der Waals surface area contributed by atoms with Crippen LogP contribution in [0.25, 0.3) is 10.9 Å². The van der Waals surface area contributed by atoms with Crippen molar-refractivity contribution in [1.29, 1.82) is 5.26 Å². The van der Waals surface area contributed by atoms with Gasteiger partial charge in [0.25, 0.3) is 0 Å². The van der Waals surface area contributed by atoms with Gasteiger partial charge in [-0.2, -0.15) is 5.26 Å². The van der Waals surface area contributed by atoms with Crippen molar-refractivity contribution >= 4 is 28.5 Å². The predicted molar refractivity (Wildman–Crippen MR) is 129 cm³/mol. The van der Waals surface area contributed by atoms with Crippen LogP contribution in [0.4, 0.5) is 5.69 Å². The van der Waals surface area contributed by atoms with Crippen LogP contribution in [-0.2, 0) is 4.79 Å². The van der Waals surface area contributed by atoms with Crippen molar-refractivity contribution in [2.24, 2.45) is 5.92 Å². The van der Waals surface area contributed by atoms with E-state index in [4.69, 9.17) is 5.26 Å². The van der Waals surface area contributed by atoms with Crippen LogP contribution in [-0.4, -0.2) is 53.8 Å². The zero-order chi connectivity index (χ0) is 24.4. The Morgan fingerprint density at radius 1 is 1.29 bits per heavy atom. The summed E-state index contributed by atoms with van der Waals surface area (Å²) in [4.78, 5) is 38.3. The number of carbonyl (C=O) groups is 2. The molecule has 9 nitrogen and oxygen atoms in total. The molecular formula is C25H31N5O4. The number of hydrogen-bond donors (Lipinski definition) is 3. The van der Waals surface area contributed by atoms with Gasteiger partial charge in [0.2, 0.25) is 11.3 Å². The van der Waals surface area contributed by atoms with Gasteiger partial charge in [-0.1, -0.05) is 0 Å². The number of amides is 1. The van der Waals surface area contributed by atoms with Crippen LogP contribution in [0.5, 0.6) is 0 Å². The maximum atomic E-state index is 12.9.